The third-order valence-electron chi connectivity index (χ3n) is 5.37. The van der Waals surface area contributed by atoms with Gasteiger partial charge in [0, 0.05) is 36.6 Å². The van der Waals surface area contributed by atoms with E-state index in [1.807, 2.05) is 27.7 Å². The van der Waals surface area contributed by atoms with Gasteiger partial charge in [-0.15, -0.1) is 0 Å². The topological polar surface area (TPSA) is 59.0 Å². The Labute approximate surface area is 160 Å². The first-order valence-corrected chi connectivity index (χ1v) is 9.79. The van der Waals surface area contributed by atoms with Gasteiger partial charge < -0.3 is 19.5 Å². The average Bonchev–Trinajstić information content (AvgIpc) is 2.52. The van der Waals surface area contributed by atoms with Crippen LogP contribution >= 0.6 is 0 Å². The van der Waals surface area contributed by atoms with Gasteiger partial charge in [0.25, 0.3) is 0 Å². The molecule has 2 aliphatic heterocycles. The normalized spacial score (nSPS) is 28.0. The zero-order valence-corrected chi connectivity index (χ0v) is 16.6. The molecule has 2 heterocycles. The van der Waals surface area contributed by atoms with Gasteiger partial charge in [0.15, 0.2) is 0 Å². The zero-order chi connectivity index (χ0) is 19.8. The maximum absolute atomic E-state index is 14.7. The van der Waals surface area contributed by atoms with Crippen LogP contribution < -0.4 is 4.74 Å². The predicted molar refractivity (Wildman–Crippen MR) is 100 cm³/mol. The number of hydrogen-bond acceptors (Lipinski definition) is 4. The Morgan fingerprint density at radius 3 is 2.44 bits per heavy atom. The van der Waals surface area contributed by atoms with Crippen LogP contribution in [-0.2, 0) is 10.3 Å². The second-order valence-electron chi connectivity index (χ2n) is 8.64. The number of piperidine rings is 2. The Balaban J connectivity index is 1.84. The van der Waals surface area contributed by atoms with E-state index in [4.69, 9.17) is 9.47 Å². The van der Waals surface area contributed by atoms with E-state index < -0.39 is 17.0 Å². The maximum atomic E-state index is 14.7. The van der Waals surface area contributed by atoms with Crippen molar-refractivity contribution in [3.05, 3.63) is 29.6 Å². The highest BCUT2D eigenvalue weighted by Crippen LogP contribution is 2.45. The number of halogens is 1. The van der Waals surface area contributed by atoms with Crippen molar-refractivity contribution in [2.24, 2.45) is 0 Å². The molecule has 5 nitrogen and oxygen atoms in total. The van der Waals surface area contributed by atoms with Crippen molar-refractivity contribution in [3.8, 4) is 5.75 Å². The molecular formula is C21H30FNO4. The quantitative estimate of drug-likeness (QED) is 0.847. The molecule has 1 aromatic rings. The van der Waals surface area contributed by atoms with Gasteiger partial charge in [0.2, 0.25) is 0 Å². The summed E-state index contributed by atoms with van der Waals surface area (Å²) in [4.78, 5) is 14.5. The highest BCUT2D eigenvalue weighted by Gasteiger charge is 2.49. The molecule has 1 amide bonds. The Bertz CT molecular complexity index is 686. The summed E-state index contributed by atoms with van der Waals surface area (Å²) in [5, 5.41) is 11.3. The molecule has 1 N–H and O–H groups in total. The van der Waals surface area contributed by atoms with Crippen LogP contribution in [0.1, 0.15) is 65.4 Å². The largest absolute Gasteiger partial charge is 0.494 e. The monoisotopic (exact) mass is 379 g/mol. The third-order valence-corrected chi connectivity index (χ3v) is 5.37. The molecule has 27 heavy (non-hydrogen) atoms. The highest BCUT2D eigenvalue weighted by molar-refractivity contribution is 5.69. The minimum Gasteiger partial charge on any atom is -0.494 e. The van der Waals surface area contributed by atoms with Crippen molar-refractivity contribution < 1.29 is 23.8 Å². The second-order valence-corrected chi connectivity index (χ2v) is 8.64. The van der Waals surface area contributed by atoms with Crippen LogP contribution in [0.5, 0.6) is 5.75 Å². The molecule has 2 aliphatic rings. The van der Waals surface area contributed by atoms with E-state index in [-0.39, 0.29) is 23.7 Å². The smallest absolute Gasteiger partial charge is 0.410 e. The molecule has 0 aliphatic carbocycles. The van der Waals surface area contributed by atoms with E-state index in [1.54, 1.807) is 17.0 Å². The Hall–Kier alpha value is -1.82. The molecule has 0 saturated carbocycles. The molecule has 2 saturated heterocycles. The van der Waals surface area contributed by atoms with Crippen molar-refractivity contribution in [2.75, 3.05) is 6.61 Å². The molecule has 0 radical (unpaired) electrons. The number of aliphatic hydroxyl groups is 1. The molecule has 3 rings (SSSR count). The first-order chi connectivity index (χ1) is 12.6. The molecule has 1 aromatic carbocycles. The molecule has 2 bridgehead atoms. The Morgan fingerprint density at radius 2 is 1.93 bits per heavy atom. The van der Waals surface area contributed by atoms with E-state index in [9.17, 15) is 14.3 Å². The van der Waals surface area contributed by atoms with Gasteiger partial charge in [-0.1, -0.05) is 0 Å². The summed E-state index contributed by atoms with van der Waals surface area (Å²) < 4.78 is 25.6. The molecule has 2 fully saturated rings. The summed E-state index contributed by atoms with van der Waals surface area (Å²) in [7, 11) is 0. The first-order valence-electron chi connectivity index (χ1n) is 9.79. The molecule has 6 heteroatoms. The standard InChI is InChI=1S/C21H30FNO4/c1-5-26-16-9-10-17(18(22)11-16)21(25)12-14-7-6-8-15(13-21)23(14)19(24)27-20(2,3)4/h9-11,14-15,25H,5-8,12-13H2,1-4H3. The van der Waals surface area contributed by atoms with E-state index in [0.29, 0.717) is 25.2 Å². The first kappa shape index (κ1) is 19.9. The van der Waals surface area contributed by atoms with Crippen molar-refractivity contribution in [3.63, 3.8) is 0 Å². The lowest BCUT2D eigenvalue weighted by atomic mass is 9.72. The lowest BCUT2D eigenvalue weighted by molar-refractivity contribution is -0.0978. The number of carbonyl (C=O) groups excluding carboxylic acids is 1. The summed E-state index contributed by atoms with van der Waals surface area (Å²) in [6, 6.07) is 4.33. The van der Waals surface area contributed by atoms with Gasteiger partial charge in [-0.2, -0.15) is 0 Å². The number of benzene rings is 1. The summed E-state index contributed by atoms with van der Waals surface area (Å²) in [5.74, 6) is -0.0130. The van der Waals surface area contributed by atoms with Gasteiger partial charge in [-0.05, 0) is 59.1 Å². The molecule has 2 unspecified atom stereocenters. The Morgan fingerprint density at radius 1 is 1.30 bits per heavy atom. The van der Waals surface area contributed by atoms with Crippen LogP contribution in [0.3, 0.4) is 0 Å². The number of ether oxygens (including phenoxy) is 2. The fraction of sp³-hybridized carbons (Fsp3) is 0.667. The van der Waals surface area contributed by atoms with Crippen molar-refractivity contribution in [1.29, 1.82) is 0 Å². The number of rotatable bonds is 3. The van der Waals surface area contributed by atoms with Gasteiger partial charge >= 0.3 is 6.09 Å². The van der Waals surface area contributed by atoms with E-state index in [0.717, 1.165) is 19.3 Å². The minimum absolute atomic E-state index is 0.150. The molecule has 2 atom stereocenters. The SMILES string of the molecule is CCOc1ccc(C2(O)CC3CCCC(C2)N3C(=O)OC(C)(C)C)c(F)c1. The van der Waals surface area contributed by atoms with Crippen LogP contribution in [0.15, 0.2) is 18.2 Å². The molecule has 0 aromatic heterocycles. The number of hydrogen-bond donors (Lipinski definition) is 1. The van der Waals surface area contributed by atoms with Crippen LogP contribution in [0, 0.1) is 5.82 Å². The molecule has 150 valence electrons. The summed E-state index contributed by atoms with van der Waals surface area (Å²) >= 11 is 0. The number of nitrogens with zero attached hydrogens (tertiary/aromatic N) is 1. The second kappa shape index (κ2) is 7.30. The van der Waals surface area contributed by atoms with Crippen LogP contribution in [0.4, 0.5) is 9.18 Å². The molecular weight excluding hydrogens is 349 g/mol. The summed E-state index contributed by atoms with van der Waals surface area (Å²) in [5.41, 5.74) is -1.57. The number of carbonyl (C=O) groups is 1. The third kappa shape index (κ3) is 4.21. The van der Waals surface area contributed by atoms with Crippen LogP contribution in [0.2, 0.25) is 0 Å². The van der Waals surface area contributed by atoms with E-state index >= 15 is 0 Å². The minimum atomic E-state index is -1.29. The highest BCUT2D eigenvalue weighted by atomic mass is 19.1. The number of fused-ring (bicyclic) bond motifs is 2. The summed E-state index contributed by atoms with van der Waals surface area (Å²) in [6.45, 7) is 7.83. The van der Waals surface area contributed by atoms with Crippen LogP contribution in [-0.4, -0.2) is 40.4 Å². The lowest BCUT2D eigenvalue weighted by Gasteiger charge is -2.51. The van der Waals surface area contributed by atoms with Gasteiger partial charge in [0.05, 0.1) is 12.2 Å². The summed E-state index contributed by atoms with van der Waals surface area (Å²) in [6.07, 6.45) is 2.86. The van der Waals surface area contributed by atoms with Gasteiger partial charge in [-0.3, -0.25) is 0 Å². The average molecular weight is 379 g/mol. The van der Waals surface area contributed by atoms with E-state index in [1.165, 1.54) is 6.07 Å². The van der Waals surface area contributed by atoms with Crippen molar-refractivity contribution >= 4 is 6.09 Å². The van der Waals surface area contributed by atoms with Crippen molar-refractivity contribution in [2.45, 2.75) is 83.1 Å². The molecule has 0 spiro atoms. The van der Waals surface area contributed by atoms with Gasteiger partial charge in [0.1, 0.15) is 17.2 Å². The maximum Gasteiger partial charge on any atom is 0.410 e. The Kier molecular flexibility index (Phi) is 5.39. The predicted octanol–water partition coefficient (Wildman–Crippen LogP) is 4.36. The van der Waals surface area contributed by atoms with Crippen LogP contribution in [0.25, 0.3) is 0 Å². The zero-order valence-electron chi connectivity index (χ0n) is 16.6. The fourth-order valence-corrected chi connectivity index (χ4v) is 4.39. The number of amides is 1. The fourth-order valence-electron chi connectivity index (χ4n) is 4.39. The lowest BCUT2D eigenvalue weighted by Crippen LogP contribution is -2.59. The van der Waals surface area contributed by atoms with Gasteiger partial charge in [-0.25, -0.2) is 9.18 Å². The van der Waals surface area contributed by atoms with E-state index in [2.05, 4.69) is 0 Å². The van der Waals surface area contributed by atoms with Crippen molar-refractivity contribution in [1.82, 2.24) is 4.90 Å².